The van der Waals surface area contributed by atoms with Gasteiger partial charge in [0, 0.05) is 20.1 Å². The van der Waals surface area contributed by atoms with Crippen LogP contribution in [0.1, 0.15) is 0 Å². The molecule has 28 heteroatoms. The minimum absolute atomic E-state index is 0.382. The molecule has 10 aromatic carbocycles. The van der Waals surface area contributed by atoms with Crippen molar-refractivity contribution in [3.63, 3.8) is 0 Å². The van der Waals surface area contributed by atoms with Crippen molar-refractivity contribution in [3.05, 3.63) is 277 Å². The molecule has 0 amide bonds. The second-order valence-electron chi connectivity index (χ2n) is 19.5. The molecule has 10 rings (SSSR count). The molecule has 0 saturated carbocycles. The molecule has 0 fully saturated rings. The molecule has 0 heterocycles. The number of benzene rings is 10. The van der Waals surface area contributed by atoms with Gasteiger partial charge in [0.25, 0.3) is 0 Å². The summed E-state index contributed by atoms with van der Waals surface area (Å²) in [5, 5.41) is -9.69. The molecule has 0 aromatic heterocycles. The summed E-state index contributed by atoms with van der Waals surface area (Å²) in [6, 6.07) is 53.7. The Morgan fingerprint density at radius 2 is 0.426 bits per heavy atom. The van der Waals surface area contributed by atoms with Crippen molar-refractivity contribution in [2.75, 3.05) is 39.6 Å². The van der Waals surface area contributed by atoms with Crippen LogP contribution in [-0.2, 0) is 10.9 Å². The predicted octanol–water partition coefficient (Wildman–Crippen LogP) is 17.1. The van der Waals surface area contributed by atoms with Crippen LogP contribution in [0.5, 0.6) is 34.5 Å². The zero-order valence-corrected chi connectivity index (χ0v) is 51.2. The normalized spacial score (nSPS) is 11.3. The third-order valence-corrected chi connectivity index (χ3v) is 17.8. The van der Waals surface area contributed by atoms with Gasteiger partial charge >= 0.3 is 0 Å². The van der Waals surface area contributed by atoms with E-state index in [1.54, 1.807) is 0 Å². The van der Waals surface area contributed by atoms with Gasteiger partial charge in [0.05, 0.1) is 0 Å². The maximum absolute atomic E-state index is 15.8. The highest BCUT2D eigenvalue weighted by Crippen LogP contribution is 2.44. The molecule has 0 atom stereocenters. The van der Waals surface area contributed by atoms with Crippen LogP contribution in [0.15, 0.2) is 178 Å². The van der Waals surface area contributed by atoms with E-state index in [4.69, 9.17) is 74.8 Å². The van der Waals surface area contributed by atoms with E-state index in [-0.39, 0.29) is 0 Å². The summed E-state index contributed by atoms with van der Waals surface area (Å²) in [6.07, 6.45) is -6.24. The van der Waals surface area contributed by atoms with Crippen molar-refractivity contribution < 1.29 is 98.7 Å². The number of rotatable bonds is 22. The first-order chi connectivity index (χ1) is 45.1. The van der Waals surface area contributed by atoms with Crippen molar-refractivity contribution >= 4 is 85.3 Å². The molecule has 6 nitrogen and oxygen atoms in total. The first-order valence-electron chi connectivity index (χ1n) is 27.2. The summed E-state index contributed by atoms with van der Waals surface area (Å²) in [7, 11) is -0.671. The fraction of sp³-hybridized carbons (Fsp3) is 0.0909. The number of para-hydroxylation sites is 6. The van der Waals surface area contributed by atoms with Gasteiger partial charge in [-0.2, -0.15) is 0 Å². The number of ether oxygens (including phenoxy) is 6. The fourth-order valence-corrected chi connectivity index (χ4v) is 13.6. The lowest BCUT2D eigenvalue weighted by Crippen LogP contribution is -2.79. The topological polar surface area (TPSA) is 55.4 Å². The molecule has 488 valence electrons. The Morgan fingerprint density at radius 3 is 0.660 bits per heavy atom. The summed E-state index contributed by atoms with van der Waals surface area (Å²) < 4.78 is 275. The van der Waals surface area contributed by atoms with Gasteiger partial charge in [-0.1, -0.05) is 137 Å². The predicted molar refractivity (Wildman–Crippen MR) is 323 cm³/mol. The van der Waals surface area contributed by atoms with E-state index in [1.807, 2.05) is 146 Å². The van der Waals surface area contributed by atoms with Gasteiger partial charge in [0.15, 0.2) is 87.1 Å². The second-order valence-corrected chi connectivity index (χ2v) is 22.9. The number of hydrogen-bond acceptors (Lipinski definition) is 6. The molecule has 0 bridgehead atoms. The third-order valence-electron chi connectivity index (χ3n) is 14.0. The quantitative estimate of drug-likeness (QED) is 0.0168. The van der Waals surface area contributed by atoms with Gasteiger partial charge in [0.2, 0.25) is 14.7 Å². The van der Waals surface area contributed by atoms with E-state index in [0.29, 0.717) is 39.6 Å². The van der Waals surface area contributed by atoms with Crippen LogP contribution in [0.3, 0.4) is 0 Å². The van der Waals surface area contributed by atoms with E-state index < -0.39 is 152 Å². The minimum atomic E-state index is -6.24. The highest BCUT2D eigenvalue weighted by atomic mass is 35.5. The van der Waals surface area contributed by atoms with Gasteiger partial charge in [0.1, 0.15) is 97.2 Å². The van der Waals surface area contributed by atoms with Crippen LogP contribution in [0.25, 0.3) is 0 Å². The van der Waals surface area contributed by atoms with Crippen LogP contribution in [0, 0.1) is 93.1 Å². The van der Waals surface area contributed by atoms with Gasteiger partial charge in [-0.05, 0) is 72.8 Å². The van der Waals surface area contributed by atoms with Crippen molar-refractivity contribution in [2.45, 2.75) is 14.7 Å². The van der Waals surface area contributed by atoms with E-state index in [0.717, 1.165) is 49.2 Å². The minimum Gasteiger partial charge on any atom is -0.490 e. The van der Waals surface area contributed by atoms with Gasteiger partial charge in [-0.3, -0.25) is 0 Å². The second kappa shape index (κ2) is 30.7. The molecule has 10 aromatic rings. The highest BCUT2D eigenvalue weighted by molar-refractivity contribution is 7.97. The first kappa shape index (κ1) is 69.8. The Labute approximate surface area is 546 Å². The first-order valence-corrected chi connectivity index (χ1v) is 30.0. The standard InChI is InChI=1S/C42H39O6S.C24BCl4F16/c1-4-16-34(17-5-1)43-28-31-46-37-22-10-13-25-40(37)49(41-26-14-11-23-38(41)47-32-29-44-35-18-6-2-7-19-35)42-27-15-12-24-39(42)48-33-30-45-36-20-8-3-9-21-36;26-5-1(9(30)17(38)21(42)13(5)34)25(2-6(27)14(35)22(43)18(39)10(2)31,3-7(28)15(36)23(44)19(40)11(3)32)4-8(29)16(37)24(45)20(41)12(4)33/h1-27H,28-33H2;/q+1;-1. The third kappa shape index (κ3) is 14.0. The Hall–Kier alpha value is -8.55. The molecule has 0 N–H and O–H groups in total. The van der Waals surface area contributed by atoms with Crippen molar-refractivity contribution in [1.29, 1.82) is 0 Å². The maximum Gasteiger partial charge on any atom is 0.208 e. The molecule has 94 heavy (non-hydrogen) atoms. The van der Waals surface area contributed by atoms with Gasteiger partial charge < -0.3 is 28.4 Å². The Morgan fingerprint density at radius 1 is 0.234 bits per heavy atom. The van der Waals surface area contributed by atoms with Crippen LogP contribution < -0.4 is 50.3 Å². The molecule has 0 aliphatic heterocycles. The summed E-state index contributed by atoms with van der Waals surface area (Å²) in [6.45, 7) is 2.38. The molecule has 0 aliphatic carbocycles. The number of hydrogen-bond donors (Lipinski definition) is 0. The summed E-state index contributed by atoms with van der Waals surface area (Å²) in [5.41, 5.74) is -10.7. The zero-order valence-electron chi connectivity index (χ0n) is 47.3. The Kier molecular flexibility index (Phi) is 22.8. The average molecular weight is 1420 g/mol. The summed E-state index contributed by atoms with van der Waals surface area (Å²) in [5.74, 6) is -43.6. The lowest BCUT2D eigenvalue weighted by molar-refractivity contribution is 0.212. The van der Waals surface area contributed by atoms with Crippen LogP contribution in [0.2, 0.25) is 20.1 Å². The molecule has 0 unspecified atom stereocenters. The fourth-order valence-electron chi connectivity index (χ4n) is 9.93. The van der Waals surface area contributed by atoms with E-state index in [9.17, 15) is 52.7 Å². The average Bonchev–Trinajstić information content (AvgIpc) is 0.682. The molecular formula is C66H39BCl4F16O6S. The zero-order chi connectivity index (χ0) is 67.7. The molecule has 0 spiro atoms. The van der Waals surface area contributed by atoms with Crippen LogP contribution in [0.4, 0.5) is 70.2 Å². The number of halogens is 20. The molecule has 0 aliphatic rings. The van der Waals surface area contributed by atoms with Crippen molar-refractivity contribution in [3.8, 4) is 34.5 Å². The lowest BCUT2D eigenvalue weighted by Gasteiger charge is -2.46. The van der Waals surface area contributed by atoms with Gasteiger partial charge in [-0.25, -0.2) is 70.2 Å². The SMILES string of the molecule is Fc1c(F)c(F)c([B-](c2c(F)c(F)c(F)c(F)c2Cl)(c2c(F)c(F)c(F)c(F)c2Cl)c2c(F)c(F)c(F)c(F)c2Cl)c(Cl)c1F.c1ccc(OCCOc2ccccc2[S+](c2ccccc2OCCOc2ccccc2)c2ccccc2OCCOc2ccccc2)cc1. The summed E-state index contributed by atoms with van der Waals surface area (Å²) >= 11 is 22.3. The van der Waals surface area contributed by atoms with E-state index in [1.165, 1.54) is 0 Å². The van der Waals surface area contributed by atoms with Crippen LogP contribution in [-0.4, -0.2) is 45.8 Å². The monoisotopic (exact) mass is 1410 g/mol. The highest BCUT2D eigenvalue weighted by Gasteiger charge is 2.51. The lowest BCUT2D eigenvalue weighted by atomic mass is 9.12. The van der Waals surface area contributed by atoms with E-state index in [2.05, 4.69) is 18.2 Å². The largest absolute Gasteiger partial charge is 0.490 e. The smallest absolute Gasteiger partial charge is 0.208 e. The molecule has 0 radical (unpaired) electrons. The van der Waals surface area contributed by atoms with Crippen molar-refractivity contribution in [1.82, 2.24) is 0 Å². The maximum atomic E-state index is 15.8. The van der Waals surface area contributed by atoms with Crippen molar-refractivity contribution in [2.24, 2.45) is 0 Å². The van der Waals surface area contributed by atoms with E-state index >= 15 is 17.6 Å². The Bertz CT molecular complexity index is 3790. The Balaban J connectivity index is 0.000000222. The van der Waals surface area contributed by atoms with Crippen LogP contribution >= 0.6 is 46.4 Å². The van der Waals surface area contributed by atoms with Gasteiger partial charge in [-0.15, -0.1) is 21.9 Å². The molecular weight excluding hydrogens is 1380 g/mol. The molecule has 0 saturated heterocycles. The summed E-state index contributed by atoms with van der Waals surface area (Å²) in [4.78, 5) is 3.03.